The number of fused-ring (bicyclic) bond motifs is 1. The third kappa shape index (κ3) is 4.79. The fourth-order valence-corrected chi connectivity index (χ4v) is 4.78. The highest BCUT2D eigenvalue weighted by Gasteiger charge is 2.22. The van der Waals surface area contributed by atoms with Crippen molar-refractivity contribution in [2.75, 3.05) is 13.7 Å². The summed E-state index contributed by atoms with van der Waals surface area (Å²) in [6, 6.07) is 13.8. The molecule has 1 aliphatic rings. The van der Waals surface area contributed by atoms with Gasteiger partial charge in [-0.05, 0) is 61.6 Å². The van der Waals surface area contributed by atoms with E-state index in [0.717, 1.165) is 24.8 Å². The molecule has 0 spiro atoms. The van der Waals surface area contributed by atoms with Crippen molar-refractivity contribution in [2.45, 2.75) is 43.2 Å². The number of sulfonamides is 1. The Balaban J connectivity index is 1.69. The van der Waals surface area contributed by atoms with Crippen LogP contribution in [-0.2, 0) is 21.2 Å². The highest BCUT2D eigenvalue weighted by Crippen LogP contribution is 2.29. The molecule has 3 rings (SSSR count). The van der Waals surface area contributed by atoms with E-state index in [1.807, 2.05) is 12.1 Å². The van der Waals surface area contributed by atoms with Crippen LogP contribution in [0.4, 0.5) is 0 Å². The molecule has 7 heteroatoms. The zero-order valence-electron chi connectivity index (χ0n) is 16.1. The van der Waals surface area contributed by atoms with Crippen LogP contribution in [0.5, 0.6) is 0 Å². The van der Waals surface area contributed by atoms with Crippen LogP contribution in [0.1, 0.15) is 47.3 Å². The molecule has 150 valence electrons. The third-order valence-electron chi connectivity index (χ3n) is 4.87. The first-order valence-corrected chi connectivity index (χ1v) is 10.9. The van der Waals surface area contributed by atoms with Crippen LogP contribution in [-0.4, -0.2) is 34.1 Å². The second-order valence-electron chi connectivity index (χ2n) is 7.12. The minimum atomic E-state index is -3.65. The predicted molar refractivity (Wildman–Crippen MR) is 108 cm³/mol. The lowest BCUT2D eigenvalue weighted by molar-refractivity contribution is 0.0932. The van der Waals surface area contributed by atoms with E-state index < -0.39 is 10.0 Å². The van der Waals surface area contributed by atoms with Crippen molar-refractivity contribution >= 4 is 15.9 Å². The number of carbonyl (C=O) groups excluding carboxylic acids is 1. The summed E-state index contributed by atoms with van der Waals surface area (Å²) in [5, 5.41) is 3.08. The van der Waals surface area contributed by atoms with Crippen LogP contribution < -0.4 is 10.0 Å². The Hall–Kier alpha value is -2.22. The molecule has 2 N–H and O–H groups in total. The molecule has 2 atom stereocenters. The predicted octanol–water partition coefficient (Wildman–Crippen LogP) is 2.81. The SMILES string of the molecule is COC[C@@H](C)NS(=O)(=O)c1ccc(C(=O)N[C@@H]2CCCc3ccccc32)cc1. The van der Waals surface area contributed by atoms with Gasteiger partial charge in [0.1, 0.15) is 0 Å². The minimum Gasteiger partial charge on any atom is -0.383 e. The fraction of sp³-hybridized carbons (Fsp3) is 0.381. The molecule has 6 nitrogen and oxygen atoms in total. The van der Waals surface area contributed by atoms with Crippen LogP contribution >= 0.6 is 0 Å². The van der Waals surface area contributed by atoms with E-state index in [1.54, 1.807) is 19.1 Å². The Morgan fingerprint density at radius 2 is 1.89 bits per heavy atom. The second-order valence-corrected chi connectivity index (χ2v) is 8.83. The number of ether oxygens (including phenoxy) is 1. The molecule has 0 aromatic heterocycles. The van der Waals surface area contributed by atoms with Gasteiger partial charge in [0.15, 0.2) is 0 Å². The molecule has 0 aliphatic heterocycles. The molecular weight excluding hydrogens is 376 g/mol. The number of nitrogens with one attached hydrogen (secondary N) is 2. The van der Waals surface area contributed by atoms with Crippen LogP contribution in [0, 0.1) is 0 Å². The van der Waals surface area contributed by atoms with Gasteiger partial charge in [-0.1, -0.05) is 24.3 Å². The Morgan fingerprint density at radius 3 is 2.61 bits per heavy atom. The molecule has 0 bridgehead atoms. The molecule has 0 saturated carbocycles. The maximum atomic E-state index is 12.7. The van der Waals surface area contributed by atoms with Crippen molar-refractivity contribution in [1.29, 1.82) is 0 Å². The van der Waals surface area contributed by atoms with Gasteiger partial charge in [0.05, 0.1) is 17.5 Å². The summed E-state index contributed by atoms with van der Waals surface area (Å²) < 4.78 is 32.3. The molecule has 0 unspecified atom stereocenters. The van der Waals surface area contributed by atoms with Gasteiger partial charge in [0.2, 0.25) is 10.0 Å². The Kier molecular flexibility index (Phi) is 6.49. The standard InChI is InChI=1S/C21H26N2O4S/c1-15(14-27-2)23-28(25,26)18-12-10-17(11-13-18)21(24)22-20-9-5-7-16-6-3-4-8-19(16)20/h3-4,6,8,10-13,15,20,23H,5,7,9,14H2,1-2H3,(H,22,24)/t15-,20-/m1/s1. The number of hydrogen-bond donors (Lipinski definition) is 2. The molecule has 28 heavy (non-hydrogen) atoms. The van der Waals surface area contributed by atoms with Crippen molar-refractivity contribution in [1.82, 2.24) is 10.0 Å². The van der Waals surface area contributed by atoms with Crippen molar-refractivity contribution in [3.63, 3.8) is 0 Å². The maximum Gasteiger partial charge on any atom is 0.251 e. The van der Waals surface area contributed by atoms with Gasteiger partial charge in [0, 0.05) is 18.7 Å². The van der Waals surface area contributed by atoms with E-state index in [4.69, 9.17) is 4.74 Å². The molecule has 0 saturated heterocycles. The van der Waals surface area contributed by atoms with E-state index >= 15 is 0 Å². The Labute approximate surface area is 166 Å². The van der Waals surface area contributed by atoms with E-state index in [0.29, 0.717) is 5.56 Å². The fourth-order valence-electron chi connectivity index (χ4n) is 3.55. The normalized spacial score (nSPS) is 17.6. The summed E-state index contributed by atoms with van der Waals surface area (Å²) in [6.07, 6.45) is 2.96. The number of carbonyl (C=O) groups is 1. The van der Waals surface area contributed by atoms with Gasteiger partial charge in [-0.3, -0.25) is 4.79 Å². The van der Waals surface area contributed by atoms with Crippen LogP contribution in [0.3, 0.4) is 0 Å². The van der Waals surface area contributed by atoms with Gasteiger partial charge in [-0.25, -0.2) is 13.1 Å². The summed E-state index contributed by atoms with van der Waals surface area (Å²) in [5.74, 6) is -0.202. The Morgan fingerprint density at radius 1 is 1.18 bits per heavy atom. The Bertz CT molecular complexity index is 926. The number of aryl methyl sites for hydroxylation is 1. The summed E-state index contributed by atoms with van der Waals surface area (Å²) in [4.78, 5) is 12.8. The number of hydrogen-bond acceptors (Lipinski definition) is 4. The highest BCUT2D eigenvalue weighted by atomic mass is 32.2. The van der Waals surface area contributed by atoms with Crippen molar-refractivity contribution in [2.24, 2.45) is 0 Å². The first-order chi connectivity index (χ1) is 13.4. The molecule has 1 aliphatic carbocycles. The van der Waals surface area contributed by atoms with E-state index in [2.05, 4.69) is 22.2 Å². The van der Waals surface area contributed by atoms with Crippen molar-refractivity contribution < 1.29 is 17.9 Å². The summed E-state index contributed by atoms with van der Waals surface area (Å²) in [5.41, 5.74) is 2.88. The quantitative estimate of drug-likeness (QED) is 0.746. The second kappa shape index (κ2) is 8.86. The molecule has 0 radical (unpaired) electrons. The summed E-state index contributed by atoms with van der Waals surface area (Å²) in [7, 11) is -2.14. The topological polar surface area (TPSA) is 84.5 Å². The van der Waals surface area contributed by atoms with Crippen LogP contribution in [0.2, 0.25) is 0 Å². The third-order valence-corrected chi connectivity index (χ3v) is 6.48. The summed E-state index contributed by atoms with van der Waals surface area (Å²) in [6.45, 7) is 2.01. The van der Waals surface area contributed by atoms with Gasteiger partial charge in [0.25, 0.3) is 5.91 Å². The first-order valence-electron chi connectivity index (χ1n) is 9.40. The monoisotopic (exact) mass is 402 g/mol. The van der Waals surface area contributed by atoms with Crippen molar-refractivity contribution in [3.05, 3.63) is 65.2 Å². The summed E-state index contributed by atoms with van der Waals surface area (Å²) >= 11 is 0. The molecule has 2 aromatic carbocycles. The van der Waals surface area contributed by atoms with Gasteiger partial charge < -0.3 is 10.1 Å². The van der Waals surface area contributed by atoms with E-state index in [9.17, 15) is 13.2 Å². The average Bonchev–Trinajstić information content (AvgIpc) is 2.68. The maximum absolute atomic E-state index is 12.7. The van der Waals surface area contributed by atoms with E-state index in [1.165, 1.54) is 24.8 Å². The van der Waals surface area contributed by atoms with Crippen LogP contribution in [0.15, 0.2) is 53.4 Å². The zero-order chi connectivity index (χ0) is 20.1. The smallest absolute Gasteiger partial charge is 0.251 e. The lowest BCUT2D eigenvalue weighted by Crippen LogP contribution is -2.35. The number of methoxy groups -OCH3 is 1. The first kappa shape index (κ1) is 20.5. The number of rotatable bonds is 7. The van der Waals surface area contributed by atoms with Crippen LogP contribution in [0.25, 0.3) is 0 Å². The van der Waals surface area contributed by atoms with Crippen molar-refractivity contribution in [3.8, 4) is 0 Å². The lowest BCUT2D eigenvalue weighted by Gasteiger charge is -2.26. The van der Waals surface area contributed by atoms with Gasteiger partial charge in [-0.15, -0.1) is 0 Å². The molecule has 2 aromatic rings. The molecular formula is C21H26N2O4S. The number of benzene rings is 2. The zero-order valence-corrected chi connectivity index (χ0v) is 17.0. The molecule has 0 fully saturated rings. The molecule has 1 amide bonds. The largest absolute Gasteiger partial charge is 0.383 e. The lowest BCUT2D eigenvalue weighted by atomic mass is 9.87. The highest BCUT2D eigenvalue weighted by molar-refractivity contribution is 7.89. The minimum absolute atomic E-state index is 0.0163. The van der Waals surface area contributed by atoms with Gasteiger partial charge in [-0.2, -0.15) is 0 Å². The number of amides is 1. The van der Waals surface area contributed by atoms with Gasteiger partial charge >= 0.3 is 0 Å². The molecule has 0 heterocycles. The average molecular weight is 403 g/mol. The van der Waals surface area contributed by atoms with E-state index in [-0.39, 0.29) is 29.5 Å².